The van der Waals surface area contributed by atoms with Crippen LogP contribution >= 0.6 is 12.2 Å². The average molecular weight is 301 g/mol. The Hall–Kier alpha value is -2.34. The molecule has 0 saturated heterocycles. The fourth-order valence-corrected chi connectivity index (χ4v) is 2.25. The molecule has 6 heteroatoms. The molecule has 0 bridgehead atoms. The third-order valence-electron chi connectivity index (χ3n) is 3.08. The Labute approximate surface area is 128 Å². The topological polar surface area (TPSA) is 69.4 Å². The fraction of sp³-hybridized carbons (Fsp3) is 0.200. The summed E-state index contributed by atoms with van der Waals surface area (Å²) in [4.78, 5) is 4.58. The highest BCUT2D eigenvalue weighted by Gasteiger charge is 2.12. The zero-order valence-corrected chi connectivity index (χ0v) is 12.2. The van der Waals surface area contributed by atoms with Crippen LogP contribution in [0.2, 0.25) is 0 Å². The van der Waals surface area contributed by atoms with Crippen LogP contribution in [-0.2, 0) is 0 Å². The summed E-state index contributed by atoms with van der Waals surface area (Å²) in [7, 11) is 0. The van der Waals surface area contributed by atoms with Gasteiger partial charge < -0.3 is 20.5 Å². The molecule has 0 unspecified atom stereocenters. The maximum absolute atomic E-state index is 5.71. The number of fused-ring (bicyclic) bond motifs is 1. The van der Waals surface area contributed by atoms with Crippen molar-refractivity contribution < 1.29 is 9.47 Å². The summed E-state index contributed by atoms with van der Waals surface area (Å²) in [5.41, 5.74) is 7.26. The molecule has 1 aromatic heterocycles. The van der Waals surface area contributed by atoms with Crippen molar-refractivity contribution >= 4 is 28.7 Å². The normalized spacial score (nSPS) is 13.3. The molecule has 0 radical (unpaired) electrons. The molecule has 0 atom stereocenters. The summed E-state index contributed by atoms with van der Waals surface area (Å²) in [5, 5.41) is 3.21. The summed E-state index contributed by atoms with van der Waals surface area (Å²) in [5.74, 6) is 2.11. The Bertz CT molecular complexity index is 676. The molecule has 2 aromatic rings. The zero-order chi connectivity index (χ0) is 14.7. The fourth-order valence-electron chi connectivity index (χ4n) is 2.08. The van der Waals surface area contributed by atoms with Crippen LogP contribution in [0.5, 0.6) is 11.5 Å². The molecule has 3 rings (SSSR count). The van der Waals surface area contributed by atoms with Crippen molar-refractivity contribution in [2.75, 3.05) is 18.5 Å². The van der Waals surface area contributed by atoms with Gasteiger partial charge >= 0.3 is 0 Å². The second-order valence-corrected chi connectivity index (χ2v) is 5.04. The van der Waals surface area contributed by atoms with Crippen molar-refractivity contribution in [2.45, 2.75) is 6.42 Å². The number of benzene rings is 1. The lowest BCUT2D eigenvalue weighted by Crippen LogP contribution is -2.12. The van der Waals surface area contributed by atoms with E-state index in [-0.39, 0.29) is 0 Å². The van der Waals surface area contributed by atoms with E-state index in [1.54, 1.807) is 12.3 Å². The zero-order valence-electron chi connectivity index (χ0n) is 11.3. The number of pyridine rings is 1. The lowest BCUT2D eigenvalue weighted by molar-refractivity contribution is 0.297. The predicted molar refractivity (Wildman–Crippen MR) is 85.5 cm³/mol. The van der Waals surface area contributed by atoms with Gasteiger partial charge in [0.1, 0.15) is 10.8 Å². The highest BCUT2D eigenvalue weighted by molar-refractivity contribution is 7.80. The average Bonchev–Trinajstić information content (AvgIpc) is 2.72. The Morgan fingerprint density at radius 2 is 2.00 bits per heavy atom. The van der Waals surface area contributed by atoms with Gasteiger partial charge in [-0.25, -0.2) is 4.98 Å². The van der Waals surface area contributed by atoms with Crippen LogP contribution in [0.3, 0.4) is 0 Å². The first-order valence-corrected chi connectivity index (χ1v) is 7.06. The van der Waals surface area contributed by atoms with Crippen molar-refractivity contribution in [2.24, 2.45) is 5.73 Å². The molecule has 0 amide bonds. The van der Waals surface area contributed by atoms with Crippen LogP contribution in [0.1, 0.15) is 12.0 Å². The molecule has 0 saturated carbocycles. The predicted octanol–water partition coefficient (Wildman–Crippen LogP) is 2.62. The number of nitrogens with two attached hydrogens (primary N) is 1. The molecule has 108 valence electrons. The van der Waals surface area contributed by atoms with Gasteiger partial charge in [-0.15, -0.1) is 0 Å². The minimum atomic E-state index is 0.306. The smallest absolute Gasteiger partial charge is 0.163 e. The second-order valence-electron chi connectivity index (χ2n) is 4.60. The summed E-state index contributed by atoms with van der Waals surface area (Å²) in [6, 6.07) is 9.31. The lowest BCUT2D eigenvalue weighted by Gasteiger charge is -2.12. The molecule has 1 aliphatic rings. The Kier molecular flexibility index (Phi) is 3.87. The van der Waals surface area contributed by atoms with E-state index < -0.39 is 0 Å². The first-order valence-electron chi connectivity index (χ1n) is 6.65. The minimum Gasteiger partial charge on any atom is -0.490 e. The number of anilines is 2. The number of nitrogens with one attached hydrogen (secondary N) is 1. The van der Waals surface area contributed by atoms with E-state index >= 15 is 0 Å². The molecule has 3 N–H and O–H groups in total. The van der Waals surface area contributed by atoms with Gasteiger partial charge in [-0.3, -0.25) is 0 Å². The highest BCUT2D eigenvalue weighted by Crippen LogP contribution is 2.33. The van der Waals surface area contributed by atoms with E-state index in [4.69, 9.17) is 27.4 Å². The molecular formula is C15H15N3O2S. The van der Waals surface area contributed by atoms with Gasteiger partial charge in [0.2, 0.25) is 0 Å². The van der Waals surface area contributed by atoms with Gasteiger partial charge in [0.15, 0.2) is 11.5 Å². The van der Waals surface area contributed by atoms with Crippen LogP contribution in [0.15, 0.2) is 36.5 Å². The molecule has 0 spiro atoms. The first-order chi connectivity index (χ1) is 10.2. The van der Waals surface area contributed by atoms with Gasteiger partial charge in [-0.05, 0) is 24.3 Å². The van der Waals surface area contributed by atoms with E-state index in [9.17, 15) is 0 Å². The Morgan fingerprint density at radius 3 is 2.81 bits per heavy atom. The van der Waals surface area contributed by atoms with Crippen molar-refractivity contribution in [3.8, 4) is 11.5 Å². The molecule has 5 nitrogen and oxygen atoms in total. The summed E-state index contributed by atoms with van der Waals surface area (Å²) in [6.45, 7) is 1.32. The van der Waals surface area contributed by atoms with Crippen LogP contribution in [0.25, 0.3) is 0 Å². The van der Waals surface area contributed by atoms with Crippen molar-refractivity contribution in [3.63, 3.8) is 0 Å². The summed E-state index contributed by atoms with van der Waals surface area (Å²) < 4.78 is 11.3. The van der Waals surface area contributed by atoms with Gasteiger partial charge in [0, 0.05) is 24.4 Å². The molecule has 2 heterocycles. The van der Waals surface area contributed by atoms with Crippen LogP contribution in [-0.4, -0.2) is 23.2 Å². The quantitative estimate of drug-likeness (QED) is 0.849. The number of hydrogen-bond donors (Lipinski definition) is 2. The number of nitrogens with zero attached hydrogens (tertiary/aromatic N) is 1. The maximum atomic E-state index is 5.71. The number of thiocarbonyl (C=S) groups is 1. The van der Waals surface area contributed by atoms with Crippen LogP contribution < -0.4 is 20.5 Å². The van der Waals surface area contributed by atoms with E-state index in [1.807, 2.05) is 24.3 Å². The molecule has 21 heavy (non-hydrogen) atoms. The summed E-state index contributed by atoms with van der Waals surface area (Å²) in [6.07, 6.45) is 2.57. The first kappa shape index (κ1) is 13.6. The number of aromatic nitrogens is 1. The number of rotatable bonds is 3. The highest BCUT2D eigenvalue weighted by atomic mass is 32.1. The molecule has 1 aliphatic heterocycles. The lowest BCUT2D eigenvalue weighted by atomic mass is 10.2. The van der Waals surface area contributed by atoms with Crippen LogP contribution in [0.4, 0.5) is 11.5 Å². The SMILES string of the molecule is NC(=S)c1cccnc1Nc1ccc2c(c1)OCCCO2. The van der Waals surface area contributed by atoms with Crippen molar-refractivity contribution in [3.05, 3.63) is 42.1 Å². The van der Waals surface area contributed by atoms with Gasteiger partial charge in [-0.1, -0.05) is 12.2 Å². The molecule has 0 aliphatic carbocycles. The third-order valence-corrected chi connectivity index (χ3v) is 3.30. The van der Waals surface area contributed by atoms with Gasteiger partial charge in [-0.2, -0.15) is 0 Å². The minimum absolute atomic E-state index is 0.306. The summed E-state index contributed by atoms with van der Waals surface area (Å²) >= 11 is 5.03. The molecule has 1 aromatic carbocycles. The van der Waals surface area contributed by atoms with Gasteiger partial charge in [0.05, 0.1) is 18.8 Å². The standard InChI is InChI=1S/C15H15N3O2S/c16-14(21)11-3-1-6-17-15(11)18-10-4-5-12-13(9-10)20-8-2-7-19-12/h1,3-6,9H,2,7-8H2,(H2,16,21)(H,17,18). The monoisotopic (exact) mass is 301 g/mol. The molecular weight excluding hydrogens is 286 g/mol. The maximum Gasteiger partial charge on any atom is 0.163 e. The Balaban J connectivity index is 1.89. The number of ether oxygens (including phenoxy) is 2. The third kappa shape index (κ3) is 3.05. The van der Waals surface area contributed by atoms with Crippen molar-refractivity contribution in [1.82, 2.24) is 4.98 Å². The van der Waals surface area contributed by atoms with E-state index in [0.717, 1.165) is 23.6 Å². The molecule has 0 fully saturated rings. The number of hydrogen-bond acceptors (Lipinski definition) is 5. The van der Waals surface area contributed by atoms with E-state index in [0.29, 0.717) is 29.6 Å². The van der Waals surface area contributed by atoms with Crippen LogP contribution in [0, 0.1) is 0 Å². The largest absolute Gasteiger partial charge is 0.490 e. The Morgan fingerprint density at radius 1 is 1.19 bits per heavy atom. The van der Waals surface area contributed by atoms with Crippen molar-refractivity contribution in [1.29, 1.82) is 0 Å². The second kappa shape index (κ2) is 5.97. The van der Waals surface area contributed by atoms with E-state index in [1.165, 1.54) is 0 Å². The van der Waals surface area contributed by atoms with Gasteiger partial charge in [0.25, 0.3) is 0 Å². The van der Waals surface area contributed by atoms with E-state index in [2.05, 4.69) is 10.3 Å².